The van der Waals surface area contributed by atoms with E-state index in [-0.39, 0.29) is 23.6 Å². The summed E-state index contributed by atoms with van der Waals surface area (Å²) in [7, 11) is 0. The molecule has 4 rings (SSSR count). The van der Waals surface area contributed by atoms with Crippen molar-refractivity contribution in [2.75, 3.05) is 0 Å². The molecule has 1 aliphatic heterocycles. The summed E-state index contributed by atoms with van der Waals surface area (Å²) in [5.74, 6) is -0.355. The third-order valence-corrected chi connectivity index (χ3v) is 5.98. The van der Waals surface area contributed by atoms with Gasteiger partial charge in [0.2, 0.25) is 0 Å². The smallest absolute Gasteiger partial charge is 0.293 e. The maximum absolute atomic E-state index is 14.0. The molecular weight excluding hydrogens is 437 g/mol. The van der Waals surface area contributed by atoms with Crippen molar-refractivity contribution in [1.29, 1.82) is 0 Å². The van der Waals surface area contributed by atoms with E-state index in [0.717, 1.165) is 22.2 Å². The van der Waals surface area contributed by atoms with E-state index in [4.69, 9.17) is 16.3 Å². The summed E-state index contributed by atoms with van der Waals surface area (Å²) in [4.78, 5) is 26.5. The zero-order valence-electron chi connectivity index (χ0n) is 16.3. The molecule has 1 aliphatic rings. The van der Waals surface area contributed by atoms with Crippen molar-refractivity contribution in [2.45, 2.75) is 13.2 Å². The van der Waals surface area contributed by atoms with Gasteiger partial charge in [-0.1, -0.05) is 66.2 Å². The normalized spacial score (nSPS) is 15.0. The lowest BCUT2D eigenvalue weighted by molar-refractivity contribution is -0.123. The van der Waals surface area contributed by atoms with E-state index in [0.29, 0.717) is 16.3 Å². The van der Waals surface area contributed by atoms with Gasteiger partial charge in [-0.05, 0) is 36.0 Å². The van der Waals surface area contributed by atoms with Crippen LogP contribution >= 0.6 is 23.4 Å². The number of thioether (sulfide) groups is 1. The number of para-hydroxylation sites is 1. The summed E-state index contributed by atoms with van der Waals surface area (Å²) in [6, 6.07) is 20.7. The van der Waals surface area contributed by atoms with Crippen molar-refractivity contribution in [3.05, 3.63) is 105 Å². The highest BCUT2D eigenvalue weighted by atomic mass is 35.5. The van der Waals surface area contributed by atoms with Crippen LogP contribution in [0.1, 0.15) is 16.7 Å². The number of nitrogens with zero attached hydrogens (tertiary/aromatic N) is 1. The molecule has 1 heterocycles. The lowest BCUT2D eigenvalue weighted by atomic mass is 10.1. The number of carbonyl (C=O) groups is 2. The van der Waals surface area contributed by atoms with E-state index in [1.54, 1.807) is 42.5 Å². The molecule has 2 amide bonds. The van der Waals surface area contributed by atoms with Gasteiger partial charge in [0, 0.05) is 21.7 Å². The number of hydrogen-bond donors (Lipinski definition) is 0. The van der Waals surface area contributed by atoms with Gasteiger partial charge in [-0.3, -0.25) is 14.5 Å². The Kier molecular flexibility index (Phi) is 6.39. The van der Waals surface area contributed by atoms with Crippen molar-refractivity contribution < 1.29 is 18.7 Å². The minimum absolute atomic E-state index is 0.112. The Balaban J connectivity index is 1.54. The number of amides is 2. The van der Waals surface area contributed by atoms with Crippen LogP contribution in [0.3, 0.4) is 0 Å². The number of carbonyl (C=O) groups excluding carboxylic acids is 2. The van der Waals surface area contributed by atoms with Crippen LogP contribution in [0.25, 0.3) is 6.08 Å². The molecule has 3 aromatic rings. The molecule has 31 heavy (non-hydrogen) atoms. The Morgan fingerprint density at radius 3 is 2.39 bits per heavy atom. The summed E-state index contributed by atoms with van der Waals surface area (Å²) in [6.07, 6.45) is 1.62. The molecule has 0 radical (unpaired) electrons. The number of hydrogen-bond acceptors (Lipinski definition) is 4. The molecule has 1 fully saturated rings. The van der Waals surface area contributed by atoms with Gasteiger partial charge in [0.15, 0.2) is 0 Å². The maximum atomic E-state index is 14.0. The summed E-state index contributed by atoms with van der Waals surface area (Å²) in [5.41, 5.74) is 1.78. The van der Waals surface area contributed by atoms with E-state index in [9.17, 15) is 14.0 Å². The summed E-state index contributed by atoms with van der Waals surface area (Å²) >= 11 is 7.01. The highest BCUT2D eigenvalue weighted by molar-refractivity contribution is 8.18. The number of benzene rings is 3. The van der Waals surface area contributed by atoms with E-state index in [1.165, 1.54) is 6.07 Å². The molecule has 1 saturated heterocycles. The van der Waals surface area contributed by atoms with Crippen LogP contribution in [-0.2, 0) is 17.9 Å². The van der Waals surface area contributed by atoms with Crippen LogP contribution < -0.4 is 4.74 Å². The fraction of sp³-hybridized carbons (Fsp3) is 0.0833. The van der Waals surface area contributed by atoms with Crippen molar-refractivity contribution in [1.82, 2.24) is 4.90 Å². The lowest BCUT2D eigenvalue weighted by Gasteiger charge is -2.13. The highest BCUT2D eigenvalue weighted by Gasteiger charge is 2.35. The van der Waals surface area contributed by atoms with E-state index in [2.05, 4.69) is 0 Å². The van der Waals surface area contributed by atoms with Gasteiger partial charge in [0.25, 0.3) is 11.1 Å². The number of halogens is 2. The first-order valence-corrected chi connectivity index (χ1v) is 10.7. The average Bonchev–Trinajstić information content (AvgIpc) is 3.03. The molecule has 156 valence electrons. The van der Waals surface area contributed by atoms with Crippen molar-refractivity contribution in [3.63, 3.8) is 0 Å². The maximum Gasteiger partial charge on any atom is 0.293 e. The van der Waals surface area contributed by atoms with Crippen LogP contribution in [0.5, 0.6) is 5.75 Å². The first-order valence-electron chi connectivity index (χ1n) is 9.47. The Hall–Kier alpha value is -3.09. The molecular formula is C24H17ClFNO3S. The van der Waals surface area contributed by atoms with Gasteiger partial charge < -0.3 is 4.74 Å². The second-order valence-corrected chi connectivity index (χ2v) is 8.18. The Labute approximate surface area is 188 Å². The lowest BCUT2D eigenvalue weighted by Crippen LogP contribution is -2.27. The van der Waals surface area contributed by atoms with Crippen LogP contribution in [0.4, 0.5) is 9.18 Å². The SMILES string of the molecule is O=C1S/C(=C/c2ccccc2OCc2ccccc2Cl)C(=O)N1Cc1ccccc1F. The number of rotatable bonds is 6. The molecule has 0 aliphatic carbocycles. The van der Waals surface area contributed by atoms with Crippen molar-refractivity contribution in [2.24, 2.45) is 0 Å². The fourth-order valence-electron chi connectivity index (χ4n) is 3.08. The summed E-state index contributed by atoms with van der Waals surface area (Å²) in [5, 5.41) is 0.170. The van der Waals surface area contributed by atoms with Gasteiger partial charge in [0.05, 0.1) is 11.4 Å². The third kappa shape index (κ3) is 4.81. The van der Waals surface area contributed by atoms with Crippen molar-refractivity contribution >= 4 is 40.6 Å². The Bertz CT molecular complexity index is 1180. The number of ether oxygens (including phenoxy) is 1. The Morgan fingerprint density at radius 2 is 1.61 bits per heavy atom. The van der Waals surface area contributed by atoms with Crippen molar-refractivity contribution in [3.8, 4) is 5.75 Å². The fourth-order valence-corrected chi connectivity index (χ4v) is 4.10. The first-order chi connectivity index (χ1) is 15.0. The monoisotopic (exact) mass is 453 g/mol. The second kappa shape index (κ2) is 9.37. The van der Waals surface area contributed by atoms with Gasteiger partial charge in [0.1, 0.15) is 18.2 Å². The van der Waals surface area contributed by atoms with E-state index >= 15 is 0 Å². The molecule has 0 atom stereocenters. The second-order valence-electron chi connectivity index (χ2n) is 6.78. The third-order valence-electron chi connectivity index (χ3n) is 4.71. The minimum Gasteiger partial charge on any atom is -0.488 e. The van der Waals surface area contributed by atoms with Gasteiger partial charge >= 0.3 is 0 Å². The van der Waals surface area contributed by atoms with Crippen LogP contribution in [0.2, 0.25) is 5.02 Å². The first kappa shape index (κ1) is 21.2. The standard InChI is InChI=1S/C24H17ClFNO3S/c25-19-10-4-1-9-18(19)15-30-21-12-6-3-7-16(21)13-22-23(28)27(24(29)31-22)14-17-8-2-5-11-20(17)26/h1-13H,14-15H2/b22-13+. The molecule has 0 saturated carbocycles. The topological polar surface area (TPSA) is 46.6 Å². The zero-order chi connectivity index (χ0) is 21.8. The zero-order valence-corrected chi connectivity index (χ0v) is 17.8. The minimum atomic E-state index is -0.459. The number of imide groups is 1. The van der Waals surface area contributed by atoms with Gasteiger partial charge in [-0.25, -0.2) is 4.39 Å². The van der Waals surface area contributed by atoms with Crippen LogP contribution in [-0.4, -0.2) is 16.0 Å². The summed E-state index contributed by atoms with van der Waals surface area (Å²) in [6.45, 7) is 0.151. The predicted octanol–water partition coefficient (Wildman–Crippen LogP) is 6.29. The molecule has 7 heteroatoms. The molecule has 0 unspecified atom stereocenters. The Morgan fingerprint density at radius 1 is 0.935 bits per heavy atom. The van der Waals surface area contributed by atoms with Crippen LogP contribution in [0, 0.1) is 5.82 Å². The van der Waals surface area contributed by atoms with Crippen LogP contribution in [0.15, 0.2) is 77.7 Å². The highest BCUT2D eigenvalue weighted by Crippen LogP contribution is 2.35. The molecule has 0 aromatic heterocycles. The largest absolute Gasteiger partial charge is 0.488 e. The van der Waals surface area contributed by atoms with Gasteiger partial charge in [-0.15, -0.1) is 0 Å². The predicted molar refractivity (Wildman–Crippen MR) is 120 cm³/mol. The quantitative estimate of drug-likeness (QED) is 0.411. The molecule has 0 bridgehead atoms. The summed E-state index contributed by atoms with van der Waals surface area (Å²) < 4.78 is 19.9. The average molecular weight is 454 g/mol. The van der Waals surface area contributed by atoms with Gasteiger partial charge in [-0.2, -0.15) is 0 Å². The molecule has 0 spiro atoms. The van der Waals surface area contributed by atoms with E-state index < -0.39 is 17.0 Å². The molecule has 0 N–H and O–H groups in total. The molecule has 3 aromatic carbocycles. The van der Waals surface area contributed by atoms with E-state index in [1.807, 2.05) is 30.3 Å². The molecule has 4 nitrogen and oxygen atoms in total.